The van der Waals surface area contributed by atoms with Gasteiger partial charge in [-0.2, -0.15) is 15.0 Å². The number of phenols is 1. The lowest BCUT2D eigenvalue weighted by Crippen LogP contribution is -2.23. The van der Waals surface area contributed by atoms with Crippen molar-refractivity contribution in [2.75, 3.05) is 5.73 Å². The van der Waals surface area contributed by atoms with Crippen molar-refractivity contribution in [2.24, 2.45) is 0 Å². The first kappa shape index (κ1) is 17.0. The summed E-state index contributed by atoms with van der Waals surface area (Å²) in [5, 5.41) is 25.2. The monoisotopic (exact) mass is 380 g/mol. The van der Waals surface area contributed by atoms with Gasteiger partial charge in [-0.05, 0) is 48.2 Å². The molecule has 5 rings (SSSR count). The Hall–Kier alpha value is -4.11. The highest BCUT2D eigenvalue weighted by Crippen LogP contribution is 2.42. The first-order chi connectivity index (χ1) is 14.1. The van der Waals surface area contributed by atoms with Gasteiger partial charge in [-0.25, -0.2) is 0 Å². The number of anilines is 1. The van der Waals surface area contributed by atoms with Crippen molar-refractivity contribution in [1.29, 1.82) is 5.26 Å². The van der Waals surface area contributed by atoms with Gasteiger partial charge in [-0.15, -0.1) is 0 Å². The Morgan fingerprint density at radius 2 is 1.76 bits per heavy atom. The fourth-order valence-corrected chi connectivity index (χ4v) is 4.16. The fraction of sp³-hybridized carbons (Fsp3) is 0.0870. The normalized spacial score (nSPS) is 12.2. The second-order valence-electron chi connectivity index (χ2n) is 7.05. The number of aryl methyl sites for hydroxylation is 2. The molecule has 3 aromatic carbocycles. The number of hydrogen-bond donors (Lipinski definition) is 2. The van der Waals surface area contributed by atoms with Crippen molar-refractivity contribution in [3.63, 3.8) is 0 Å². The van der Waals surface area contributed by atoms with Crippen LogP contribution in [-0.4, -0.2) is 14.9 Å². The number of para-hydroxylation sites is 1. The van der Waals surface area contributed by atoms with Crippen LogP contribution in [0.5, 0.6) is 5.75 Å². The molecule has 1 aromatic heterocycles. The lowest BCUT2D eigenvalue weighted by molar-refractivity contribution is 0.475. The Morgan fingerprint density at radius 1 is 1.03 bits per heavy atom. The van der Waals surface area contributed by atoms with Gasteiger partial charge < -0.3 is 10.8 Å². The van der Waals surface area contributed by atoms with E-state index < -0.39 is 0 Å². The van der Waals surface area contributed by atoms with Gasteiger partial charge in [0.1, 0.15) is 11.8 Å². The minimum absolute atomic E-state index is 0.144. The lowest BCUT2D eigenvalue weighted by Gasteiger charge is -2.16. The highest BCUT2D eigenvalue weighted by atomic mass is 16.3. The Labute approximate surface area is 166 Å². The second-order valence-corrected chi connectivity index (χ2v) is 7.05. The highest BCUT2D eigenvalue weighted by molar-refractivity contribution is 6.05. The summed E-state index contributed by atoms with van der Waals surface area (Å²) in [6.07, 6.45) is 1.33. The molecule has 1 aliphatic rings. The van der Waals surface area contributed by atoms with E-state index in [0.29, 0.717) is 23.9 Å². The third kappa shape index (κ3) is 2.41. The maximum Gasteiger partial charge on any atom is 0.281 e. The van der Waals surface area contributed by atoms with Crippen molar-refractivity contribution < 1.29 is 5.11 Å². The molecule has 0 atom stereocenters. The van der Waals surface area contributed by atoms with Crippen LogP contribution in [-0.2, 0) is 12.8 Å². The van der Waals surface area contributed by atoms with Gasteiger partial charge in [0.05, 0.1) is 28.0 Å². The maximum absolute atomic E-state index is 13.3. The zero-order valence-electron chi connectivity index (χ0n) is 15.4. The zero-order valence-corrected chi connectivity index (χ0v) is 15.4. The molecule has 29 heavy (non-hydrogen) atoms. The van der Waals surface area contributed by atoms with E-state index in [4.69, 9.17) is 5.73 Å². The van der Waals surface area contributed by atoms with E-state index in [-0.39, 0.29) is 22.6 Å². The number of hydrogen-bond acceptors (Lipinski definition) is 5. The summed E-state index contributed by atoms with van der Waals surface area (Å²) in [4.78, 5) is 13.3. The molecule has 0 unspecified atom stereocenters. The molecule has 1 aliphatic carbocycles. The molecule has 1 heterocycles. The number of nitriles is 1. The van der Waals surface area contributed by atoms with Crippen LogP contribution < -0.4 is 11.3 Å². The number of phenolic OH excluding ortho intramolecular Hbond substituents is 1. The number of nitrogen functional groups attached to an aromatic ring is 1. The predicted octanol–water partition coefficient (Wildman–Crippen LogP) is 3.31. The second kappa shape index (κ2) is 6.21. The molecular formula is C23H16N4O2. The quantitative estimate of drug-likeness (QED) is 0.519. The van der Waals surface area contributed by atoms with Crippen LogP contribution in [0.1, 0.15) is 16.8 Å². The van der Waals surface area contributed by atoms with E-state index in [0.717, 1.165) is 27.8 Å². The Kier molecular flexibility index (Phi) is 3.65. The Balaban J connectivity index is 1.91. The van der Waals surface area contributed by atoms with Crippen molar-refractivity contribution in [1.82, 2.24) is 9.78 Å². The summed E-state index contributed by atoms with van der Waals surface area (Å²) in [6, 6.07) is 18.0. The standard InChI is InChI=1S/C23H16N4O2/c24-12-17-19(13-6-8-15(28)9-7-13)16-10-11-18-20(16)21(22(17)25)23(29)27(26-18)14-4-2-1-3-5-14/h1-9,28H,10-11,25H2. The van der Waals surface area contributed by atoms with Gasteiger partial charge in [0.15, 0.2) is 0 Å². The van der Waals surface area contributed by atoms with Crippen LogP contribution in [0.2, 0.25) is 0 Å². The molecule has 0 spiro atoms. The van der Waals surface area contributed by atoms with E-state index in [1.807, 2.05) is 30.3 Å². The fourth-order valence-electron chi connectivity index (χ4n) is 4.16. The molecule has 6 nitrogen and oxygen atoms in total. The molecule has 0 radical (unpaired) electrons. The van der Waals surface area contributed by atoms with Crippen molar-refractivity contribution in [3.8, 4) is 28.6 Å². The first-order valence-corrected chi connectivity index (χ1v) is 9.25. The minimum atomic E-state index is -0.329. The van der Waals surface area contributed by atoms with Gasteiger partial charge >= 0.3 is 0 Å². The van der Waals surface area contributed by atoms with Crippen LogP contribution in [0.3, 0.4) is 0 Å². The number of aromatic hydroxyl groups is 1. The van der Waals surface area contributed by atoms with Gasteiger partial charge in [-0.1, -0.05) is 30.3 Å². The topological polar surface area (TPSA) is 105 Å². The van der Waals surface area contributed by atoms with Gasteiger partial charge in [0.25, 0.3) is 5.56 Å². The average molecular weight is 380 g/mol. The zero-order chi connectivity index (χ0) is 20.1. The Morgan fingerprint density at radius 3 is 2.45 bits per heavy atom. The minimum Gasteiger partial charge on any atom is -0.508 e. The summed E-state index contributed by atoms with van der Waals surface area (Å²) >= 11 is 0. The van der Waals surface area contributed by atoms with Crippen LogP contribution in [0.15, 0.2) is 59.4 Å². The summed E-state index contributed by atoms with van der Waals surface area (Å²) in [5.74, 6) is 0.144. The van der Waals surface area contributed by atoms with Crippen molar-refractivity contribution in [3.05, 3.63) is 81.8 Å². The largest absolute Gasteiger partial charge is 0.508 e. The summed E-state index contributed by atoms with van der Waals surface area (Å²) in [7, 11) is 0. The van der Waals surface area contributed by atoms with Gasteiger partial charge in [0, 0.05) is 10.9 Å². The van der Waals surface area contributed by atoms with Crippen molar-refractivity contribution >= 4 is 16.5 Å². The van der Waals surface area contributed by atoms with E-state index in [9.17, 15) is 15.2 Å². The van der Waals surface area contributed by atoms with Crippen LogP contribution in [0.4, 0.5) is 5.69 Å². The molecule has 0 saturated carbocycles. The molecular weight excluding hydrogens is 364 g/mol. The number of rotatable bonds is 2. The average Bonchev–Trinajstić information content (AvgIpc) is 3.16. The first-order valence-electron chi connectivity index (χ1n) is 9.25. The Bertz CT molecular complexity index is 1380. The smallest absolute Gasteiger partial charge is 0.281 e. The summed E-state index contributed by atoms with van der Waals surface area (Å²) < 4.78 is 1.37. The maximum atomic E-state index is 13.3. The van der Waals surface area contributed by atoms with Crippen LogP contribution >= 0.6 is 0 Å². The number of nitrogens with two attached hydrogens (primary N) is 1. The molecule has 3 N–H and O–H groups in total. The summed E-state index contributed by atoms with van der Waals surface area (Å²) in [5.41, 5.74) is 10.4. The SMILES string of the molecule is N#Cc1c(-c2ccc(O)cc2)c2c3c(nn(-c4ccccc4)c(=O)c3c1N)CC2. The van der Waals surface area contributed by atoms with Crippen molar-refractivity contribution in [2.45, 2.75) is 12.8 Å². The van der Waals surface area contributed by atoms with E-state index in [2.05, 4.69) is 11.2 Å². The summed E-state index contributed by atoms with van der Waals surface area (Å²) in [6.45, 7) is 0. The molecule has 140 valence electrons. The van der Waals surface area contributed by atoms with E-state index in [1.165, 1.54) is 4.68 Å². The highest BCUT2D eigenvalue weighted by Gasteiger charge is 2.28. The lowest BCUT2D eigenvalue weighted by atomic mass is 9.90. The molecule has 0 fully saturated rings. The van der Waals surface area contributed by atoms with E-state index in [1.54, 1.807) is 24.3 Å². The number of benzene rings is 3. The predicted molar refractivity (Wildman–Crippen MR) is 111 cm³/mol. The molecule has 6 heteroatoms. The third-order valence-electron chi connectivity index (χ3n) is 5.44. The van der Waals surface area contributed by atoms with Gasteiger partial charge in [0.2, 0.25) is 0 Å². The number of nitrogens with zero attached hydrogens (tertiary/aromatic N) is 3. The molecule has 0 aliphatic heterocycles. The van der Waals surface area contributed by atoms with Crippen LogP contribution in [0.25, 0.3) is 27.6 Å². The molecule has 4 aromatic rings. The molecule has 0 saturated heterocycles. The molecule has 0 amide bonds. The molecule has 0 bridgehead atoms. The number of aromatic nitrogens is 2. The van der Waals surface area contributed by atoms with Gasteiger partial charge in [-0.3, -0.25) is 4.79 Å². The van der Waals surface area contributed by atoms with Crippen LogP contribution in [0, 0.1) is 11.3 Å². The third-order valence-corrected chi connectivity index (χ3v) is 5.44. The van der Waals surface area contributed by atoms with E-state index >= 15 is 0 Å².